The van der Waals surface area contributed by atoms with E-state index >= 15 is 0 Å². The molecule has 0 spiro atoms. The van der Waals surface area contributed by atoms with Gasteiger partial charge >= 0.3 is 0 Å². The van der Waals surface area contributed by atoms with Gasteiger partial charge in [0.2, 0.25) is 11.7 Å². The minimum Gasteiger partial charge on any atom is -0.502 e. The first kappa shape index (κ1) is 14.5. The Morgan fingerprint density at radius 2 is 1.90 bits per heavy atom. The summed E-state index contributed by atoms with van der Waals surface area (Å²) in [5.74, 6) is 0.612. The highest BCUT2D eigenvalue weighted by atomic mass is 16.5. The van der Waals surface area contributed by atoms with Crippen LogP contribution >= 0.6 is 0 Å². The molecule has 110 valence electrons. The van der Waals surface area contributed by atoms with Gasteiger partial charge in [-0.3, -0.25) is 4.79 Å². The monoisotopic (exact) mass is 281 g/mol. The van der Waals surface area contributed by atoms with Crippen LogP contribution in [0.15, 0.2) is 12.1 Å². The van der Waals surface area contributed by atoms with Crippen LogP contribution in [0.5, 0.6) is 17.2 Å². The van der Waals surface area contributed by atoms with Crippen molar-refractivity contribution in [2.24, 2.45) is 0 Å². The Hall–Kier alpha value is -1.95. The quantitative estimate of drug-likeness (QED) is 0.823. The molecular weight excluding hydrogens is 262 g/mol. The van der Waals surface area contributed by atoms with Gasteiger partial charge < -0.3 is 24.6 Å². The third kappa shape index (κ3) is 2.96. The summed E-state index contributed by atoms with van der Waals surface area (Å²) >= 11 is 0. The van der Waals surface area contributed by atoms with Crippen molar-refractivity contribution in [3.8, 4) is 17.2 Å². The first-order valence-corrected chi connectivity index (χ1v) is 6.45. The predicted octanol–water partition coefficient (Wildman–Crippen LogP) is 0.545. The summed E-state index contributed by atoms with van der Waals surface area (Å²) in [5, 5.41) is 19.3. The number of rotatable bonds is 5. The molecule has 1 atom stereocenters. The van der Waals surface area contributed by atoms with E-state index < -0.39 is 6.10 Å². The predicted molar refractivity (Wildman–Crippen MR) is 72.1 cm³/mol. The van der Waals surface area contributed by atoms with E-state index in [0.717, 1.165) is 5.56 Å². The van der Waals surface area contributed by atoms with Crippen molar-refractivity contribution in [2.45, 2.75) is 18.9 Å². The van der Waals surface area contributed by atoms with Gasteiger partial charge in [-0.25, -0.2) is 0 Å². The number of aliphatic hydroxyl groups excluding tert-OH is 1. The molecule has 1 unspecified atom stereocenters. The zero-order valence-corrected chi connectivity index (χ0v) is 11.6. The minimum absolute atomic E-state index is 0.0322. The number of carbonyl (C=O) groups is 1. The Balaban J connectivity index is 2.08. The molecule has 0 radical (unpaired) electrons. The number of aliphatic hydroxyl groups is 1. The number of aromatic hydroxyl groups is 1. The number of nitrogens with zero attached hydrogens (tertiary/aromatic N) is 1. The second-order valence-corrected chi connectivity index (χ2v) is 4.80. The number of amides is 1. The Morgan fingerprint density at radius 1 is 1.30 bits per heavy atom. The van der Waals surface area contributed by atoms with Gasteiger partial charge in [0.25, 0.3) is 0 Å². The number of phenolic OH excluding ortho intramolecular Hbond substituents is 1. The molecule has 1 heterocycles. The van der Waals surface area contributed by atoms with Crippen LogP contribution in [-0.2, 0) is 11.2 Å². The van der Waals surface area contributed by atoms with Crippen LogP contribution in [0.4, 0.5) is 0 Å². The lowest BCUT2D eigenvalue weighted by molar-refractivity contribution is -0.127. The fourth-order valence-electron chi connectivity index (χ4n) is 2.32. The minimum atomic E-state index is -0.564. The maximum Gasteiger partial charge on any atom is 0.225 e. The lowest BCUT2D eigenvalue weighted by Crippen LogP contribution is -2.28. The molecular formula is C14H19NO5. The third-order valence-electron chi connectivity index (χ3n) is 3.40. The molecule has 0 saturated carbocycles. The summed E-state index contributed by atoms with van der Waals surface area (Å²) < 4.78 is 10.2. The summed E-state index contributed by atoms with van der Waals surface area (Å²) in [6.07, 6.45) is 0.236. The van der Waals surface area contributed by atoms with Crippen LogP contribution in [0, 0.1) is 0 Å². The number of likely N-dealkylation sites (tertiary alicyclic amines) is 1. The first-order valence-electron chi connectivity index (χ1n) is 6.45. The number of hydrogen-bond donors (Lipinski definition) is 2. The fourth-order valence-corrected chi connectivity index (χ4v) is 2.32. The molecule has 6 heteroatoms. The maximum atomic E-state index is 11.6. The summed E-state index contributed by atoms with van der Waals surface area (Å²) in [6.45, 7) is 0.901. The van der Waals surface area contributed by atoms with Crippen molar-refractivity contribution in [1.82, 2.24) is 4.90 Å². The standard InChI is InChI=1S/C14H19NO5/c1-19-11-5-9(6-12(20-2)14(11)18)3-4-15-8-10(16)7-13(15)17/h5-6,10,16,18H,3-4,7-8H2,1-2H3. The van der Waals surface area contributed by atoms with E-state index in [1.54, 1.807) is 17.0 Å². The molecule has 6 nitrogen and oxygen atoms in total. The number of benzene rings is 1. The molecule has 0 aromatic heterocycles. The van der Waals surface area contributed by atoms with Gasteiger partial charge in [0.15, 0.2) is 11.5 Å². The molecule has 0 bridgehead atoms. The molecule has 20 heavy (non-hydrogen) atoms. The maximum absolute atomic E-state index is 11.6. The smallest absolute Gasteiger partial charge is 0.225 e. The van der Waals surface area contributed by atoms with Gasteiger partial charge in [-0.2, -0.15) is 0 Å². The third-order valence-corrected chi connectivity index (χ3v) is 3.40. The van der Waals surface area contributed by atoms with Gasteiger partial charge in [0, 0.05) is 13.1 Å². The first-order chi connectivity index (χ1) is 9.55. The topological polar surface area (TPSA) is 79.2 Å². The molecule has 1 aromatic rings. The molecule has 1 amide bonds. The highest BCUT2D eigenvalue weighted by Gasteiger charge is 2.27. The average molecular weight is 281 g/mol. The van der Waals surface area contributed by atoms with Crippen molar-refractivity contribution in [3.63, 3.8) is 0 Å². The van der Waals surface area contributed by atoms with Gasteiger partial charge in [-0.1, -0.05) is 0 Å². The molecule has 2 rings (SSSR count). The lowest BCUT2D eigenvalue weighted by atomic mass is 10.1. The van der Waals surface area contributed by atoms with Crippen LogP contribution in [0.3, 0.4) is 0 Å². The lowest BCUT2D eigenvalue weighted by Gasteiger charge is -2.16. The highest BCUT2D eigenvalue weighted by molar-refractivity contribution is 5.79. The second-order valence-electron chi connectivity index (χ2n) is 4.80. The zero-order valence-electron chi connectivity index (χ0n) is 11.6. The van der Waals surface area contributed by atoms with E-state index in [1.165, 1.54) is 14.2 Å². The number of β-amino-alcohol motifs (C(OH)–C–C–N with tert-alkyl or cyclic N) is 1. The molecule has 0 aliphatic carbocycles. The van der Waals surface area contributed by atoms with E-state index in [9.17, 15) is 15.0 Å². The number of carbonyl (C=O) groups excluding carboxylic acids is 1. The van der Waals surface area contributed by atoms with E-state index in [2.05, 4.69) is 0 Å². The van der Waals surface area contributed by atoms with Gasteiger partial charge in [0.05, 0.1) is 26.7 Å². The molecule has 1 saturated heterocycles. The van der Waals surface area contributed by atoms with E-state index in [4.69, 9.17) is 9.47 Å². The van der Waals surface area contributed by atoms with Gasteiger partial charge in [0.1, 0.15) is 0 Å². The normalized spacial score (nSPS) is 18.4. The van der Waals surface area contributed by atoms with E-state index in [-0.39, 0.29) is 18.1 Å². The Bertz CT molecular complexity index is 477. The van der Waals surface area contributed by atoms with E-state index in [0.29, 0.717) is 31.0 Å². The van der Waals surface area contributed by atoms with Crippen LogP contribution in [0.2, 0.25) is 0 Å². The molecule has 2 N–H and O–H groups in total. The fraction of sp³-hybridized carbons (Fsp3) is 0.500. The largest absolute Gasteiger partial charge is 0.502 e. The summed E-state index contributed by atoms with van der Waals surface area (Å²) in [7, 11) is 2.94. The number of hydrogen-bond acceptors (Lipinski definition) is 5. The molecule has 1 aliphatic heterocycles. The van der Waals surface area contributed by atoms with Gasteiger partial charge in [-0.05, 0) is 24.1 Å². The second kappa shape index (κ2) is 6.00. The van der Waals surface area contributed by atoms with Crippen molar-refractivity contribution in [3.05, 3.63) is 17.7 Å². The van der Waals surface area contributed by atoms with Crippen LogP contribution in [0.1, 0.15) is 12.0 Å². The Labute approximate surface area is 117 Å². The number of phenols is 1. The SMILES string of the molecule is COc1cc(CCN2CC(O)CC2=O)cc(OC)c1O. The van der Waals surface area contributed by atoms with Crippen LogP contribution in [-0.4, -0.2) is 54.4 Å². The Morgan fingerprint density at radius 3 is 2.35 bits per heavy atom. The molecule has 1 aromatic carbocycles. The van der Waals surface area contributed by atoms with Crippen molar-refractivity contribution in [1.29, 1.82) is 0 Å². The molecule has 1 aliphatic rings. The summed E-state index contributed by atoms with van der Waals surface area (Å²) in [4.78, 5) is 13.2. The highest BCUT2D eigenvalue weighted by Crippen LogP contribution is 2.37. The summed E-state index contributed by atoms with van der Waals surface area (Å²) in [6, 6.07) is 3.43. The molecule has 1 fully saturated rings. The summed E-state index contributed by atoms with van der Waals surface area (Å²) in [5.41, 5.74) is 0.894. The van der Waals surface area contributed by atoms with Crippen molar-refractivity contribution in [2.75, 3.05) is 27.3 Å². The van der Waals surface area contributed by atoms with E-state index in [1.807, 2.05) is 0 Å². The van der Waals surface area contributed by atoms with Gasteiger partial charge in [-0.15, -0.1) is 0 Å². The van der Waals surface area contributed by atoms with Crippen molar-refractivity contribution >= 4 is 5.91 Å². The average Bonchev–Trinajstić information content (AvgIpc) is 2.75. The number of methoxy groups -OCH3 is 2. The zero-order chi connectivity index (χ0) is 14.7. The van der Waals surface area contributed by atoms with Crippen molar-refractivity contribution < 1.29 is 24.5 Å². The van der Waals surface area contributed by atoms with Crippen LogP contribution in [0.25, 0.3) is 0 Å². The number of ether oxygens (including phenoxy) is 2. The Kier molecular flexibility index (Phi) is 4.34. The van der Waals surface area contributed by atoms with Crippen LogP contribution < -0.4 is 9.47 Å².